The van der Waals surface area contributed by atoms with Crippen molar-refractivity contribution in [3.8, 4) is 11.5 Å². The standard InChI is InChI=1S/C24H32N2O3/c1-17-13-15-26(16-14-17)21-11-9-20(10-12-21)18(2)25-24(27)19(3)29-23-8-6-5-7-22(23)28-4/h5-12,17-19H,13-16H2,1-4H3,(H,25,27)/t18-,19-/m1/s1. The Kier molecular flexibility index (Phi) is 7.02. The quantitative estimate of drug-likeness (QED) is 0.744. The Balaban J connectivity index is 1.56. The molecule has 0 saturated carbocycles. The monoisotopic (exact) mass is 396 g/mol. The summed E-state index contributed by atoms with van der Waals surface area (Å²) in [5, 5.41) is 3.04. The molecule has 1 heterocycles. The van der Waals surface area contributed by atoms with Gasteiger partial charge in [0.05, 0.1) is 13.2 Å². The fourth-order valence-corrected chi connectivity index (χ4v) is 3.61. The van der Waals surface area contributed by atoms with Gasteiger partial charge in [-0.3, -0.25) is 4.79 Å². The molecule has 1 fully saturated rings. The number of anilines is 1. The number of ether oxygens (including phenoxy) is 2. The fraction of sp³-hybridized carbons (Fsp3) is 0.458. The Morgan fingerprint density at radius 1 is 1.03 bits per heavy atom. The number of carbonyl (C=O) groups excluding carboxylic acids is 1. The topological polar surface area (TPSA) is 50.8 Å². The minimum atomic E-state index is -0.622. The Labute approximate surface area is 174 Å². The van der Waals surface area contributed by atoms with Gasteiger partial charge < -0.3 is 19.7 Å². The molecule has 0 bridgehead atoms. The van der Waals surface area contributed by atoms with Crippen molar-refractivity contribution in [2.75, 3.05) is 25.1 Å². The molecule has 0 aliphatic carbocycles. The van der Waals surface area contributed by atoms with Crippen molar-refractivity contribution in [3.05, 3.63) is 54.1 Å². The fourth-order valence-electron chi connectivity index (χ4n) is 3.61. The van der Waals surface area contributed by atoms with Crippen LogP contribution >= 0.6 is 0 Å². The summed E-state index contributed by atoms with van der Waals surface area (Å²) in [6, 6.07) is 15.8. The van der Waals surface area contributed by atoms with Gasteiger partial charge in [0.25, 0.3) is 5.91 Å². The van der Waals surface area contributed by atoms with E-state index < -0.39 is 6.10 Å². The highest BCUT2D eigenvalue weighted by Crippen LogP contribution is 2.27. The SMILES string of the molecule is COc1ccccc1O[C@H](C)C(=O)N[C@H](C)c1ccc(N2CCC(C)CC2)cc1. The molecule has 2 atom stereocenters. The molecule has 156 valence electrons. The van der Waals surface area contributed by atoms with Crippen LogP contribution in [-0.2, 0) is 4.79 Å². The number of hydrogen-bond acceptors (Lipinski definition) is 4. The molecular formula is C24H32N2O3. The number of nitrogens with zero attached hydrogens (tertiary/aromatic N) is 1. The molecule has 1 N–H and O–H groups in total. The van der Waals surface area contributed by atoms with Gasteiger partial charge in [-0.15, -0.1) is 0 Å². The van der Waals surface area contributed by atoms with E-state index in [1.54, 1.807) is 20.1 Å². The van der Waals surface area contributed by atoms with Crippen molar-refractivity contribution in [1.82, 2.24) is 5.32 Å². The lowest BCUT2D eigenvalue weighted by molar-refractivity contribution is -0.127. The maximum atomic E-state index is 12.6. The molecule has 2 aromatic rings. The number of rotatable bonds is 7. The highest BCUT2D eigenvalue weighted by molar-refractivity contribution is 5.81. The minimum absolute atomic E-state index is 0.0957. The summed E-state index contributed by atoms with van der Waals surface area (Å²) < 4.78 is 11.1. The molecule has 0 radical (unpaired) electrons. The van der Waals surface area contributed by atoms with Gasteiger partial charge in [0.2, 0.25) is 0 Å². The maximum absolute atomic E-state index is 12.6. The van der Waals surface area contributed by atoms with Gasteiger partial charge in [0, 0.05) is 18.8 Å². The number of piperidine rings is 1. The van der Waals surface area contributed by atoms with Crippen LogP contribution < -0.4 is 19.7 Å². The van der Waals surface area contributed by atoms with Crippen molar-refractivity contribution < 1.29 is 14.3 Å². The molecule has 1 amide bonds. The summed E-state index contributed by atoms with van der Waals surface area (Å²) in [7, 11) is 1.59. The van der Waals surface area contributed by atoms with Crippen molar-refractivity contribution >= 4 is 11.6 Å². The molecule has 0 unspecified atom stereocenters. The molecule has 2 aromatic carbocycles. The predicted molar refractivity (Wildman–Crippen MR) is 117 cm³/mol. The van der Waals surface area contributed by atoms with E-state index in [0.29, 0.717) is 11.5 Å². The van der Waals surface area contributed by atoms with Crippen LogP contribution in [0.25, 0.3) is 0 Å². The Bertz CT molecular complexity index is 798. The second-order valence-corrected chi connectivity index (χ2v) is 7.90. The van der Waals surface area contributed by atoms with E-state index in [9.17, 15) is 4.79 Å². The molecule has 5 nitrogen and oxygen atoms in total. The van der Waals surface area contributed by atoms with Gasteiger partial charge >= 0.3 is 0 Å². The van der Waals surface area contributed by atoms with E-state index in [1.165, 1.54) is 18.5 Å². The van der Waals surface area contributed by atoms with Crippen LogP contribution in [0.15, 0.2) is 48.5 Å². The Morgan fingerprint density at radius 2 is 1.66 bits per heavy atom. The number of hydrogen-bond donors (Lipinski definition) is 1. The van der Waals surface area contributed by atoms with E-state index in [-0.39, 0.29) is 11.9 Å². The number of nitrogens with one attached hydrogen (secondary N) is 1. The highest BCUT2D eigenvalue weighted by Gasteiger charge is 2.20. The third-order valence-corrected chi connectivity index (χ3v) is 5.64. The molecule has 0 aromatic heterocycles. The second-order valence-electron chi connectivity index (χ2n) is 7.90. The number of carbonyl (C=O) groups is 1. The van der Waals surface area contributed by atoms with E-state index in [4.69, 9.17) is 9.47 Å². The van der Waals surface area contributed by atoms with E-state index in [2.05, 4.69) is 41.4 Å². The minimum Gasteiger partial charge on any atom is -0.493 e. The molecule has 5 heteroatoms. The summed E-state index contributed by atoms with van der Waals surface area (Å²) >= 11 is 0. The molecule has 29 heavy (non-hydrogen) atoms. The van der Waals surface area contributed by atoms with Gasteiger partial charge in [-0.2, -0.15) is 0 Å². The van der Waals surface area contributed by atoms with Crippen LogP contribution in [0.3, 0.4) is 0 Å². The lowest BCUT2D eigenvalue weighted by Gasteiger charge is -2.32. The average Bonchev–Trinajstić information content (AvgIpc) is 2.74. The van der Waals surface area contributed by atoms with E-state index in [0.717, 1.165) is 24.6 Å². The average molecular weight is 397 g/mol. The summed E-state index contributed by atoms with van der Waals surface area (Å²) in [5.41, 5.74) is 2.34. The van der Waals surface area contributed by atoms with Crippen molar-refractivity contribution in [2.24, 2.45) is 5.92 Å². The van der Waals surface area contributed by atoms with Gasteiger partial charge in [-0.1, -0.05) is 31.2 Å². The normalized spacial score (nSPS) is 16.8. The zero-order valence-corrected chi connectivity index (χ0v) is 17.9. The maximum Gasteiger partial charge on any atom is 0.261 e. The second kappa shape index (κ2) is 9.68. The van der Waals surface area contributed by atoms with Crippen molar-refractivity contribution in [1.29, 1.82) is 0 Å². The Morgan fingerprint density at radius 3 is 2.28 bits per heavy atom. The molecular weight excluding hydrogens is 364 g/mol. The lowest BCUT2D eigenvalue weighted by atomic mass is 9.98. The number of amides is 1. The van der Waals surface area contributed by atoms with Gasteiger partial charge in [-0.25, -0.2) is 0 Å². The van der Waals surface area contributed by atoms with E-state index in [1.807, 2.05) is 25.1 Å². The van der Waals surface area contributed by atoms with Crippen LogP contribution in [0, 0.1) is 5.92 Å². The summed E-state index contributed by atoms with van der Waals surface area (Å²) in [4.78, 5) is 15.0. The molecule has 0 spiro atoms. The van der Waals surface area contributed by atoms with Crippen molar-refractivity contribution in [2.45, 2.75) is 45.8 Å². The first-order valence-electron chi connectivity index (χ1n) is 10.4. The first kappa shape index (κ1) is 21.0. The van der Waals surface area contributed by atoms with Crippen LogP contribution in [0.1, 0.15) is 45.2 Å². The zero-order valence-electron chi connectivity index (χ0n) is 17.9. The van der Waals surface area contributed by atoms with Gasteiger partial charge in [0.1, 0.15) is 0 Å². The van der Waals surface area contributed by atoms with Crippen LogP contribution in [0.4, 0.5) is 5.69 Å². The van der Waals surface area contributed by atoms with Crippen LogP contribution in [0.2, 0.25) is 0 Å². The molecule has 1 saturated heterocycles. The van der Waals surface area contributed by atoms with Gasteiger partial charge in [-0.05, 0) is 62.4 Å². The molecule has 1 aliphatic rings. The zero-order chi connectivity index (χ0) is 20.8. The lowest BCUT2D eigenvalue weighted by Crippen LogP contribution is -2.37. The first-order valence-corrected chi connectivity index (χ1v) is 10.4. The number of benzene rings is 2. The molecule has 1 aliphatic heterocycles. The smallest absolute Gasteiger partial charge is 0.261 e. The highest BCUT2D eigenvalue weighted by atomic mass is 16.5. The van der Waals surface area contributed by atoms with Crippen molar-refractivity contribution in [3.63, 3.8) is 0 Å². The largest absolute Gasteiger partial charge is 0.493 e. The summed E-state index contributed by atoms with van der Waals surface area (Å²) in [6.45, 7) is 8.29. The predicted octanol–water partition coefficient (Wildman–Crippen LogP) is 4.58. The first-order chi connectivity index (χ1) is 14.0. The summed E-state index contributed by atoms with van der Waals surface area (Å²) in [5.74, 6) is 1.84. The third kappa shape index (κ3) is 5.43. The Hall–Kier alpha value is -2.69. The third-order valence-electron chi connectivity index (χ3n) is 5.64. The van der Waals surface area contributed by atoms with Crippen LogP contribution in [-0.4, -0.2) is 32.2 Å². The number of methoxy groups -OCH3 is 1. The van der Waals surface area contributed by atoms with E-state index >= 15 is 0 Å². The molecule has 3 rings (SSSR count). The van der Waals surface area contributed by atoms with Gasteiger partial charge in [0.15, 0.2) is 17.6 Å². The summed E-state index contributed by atoms with van der Waals surface area (Å²) in [6.07, 6.45) is 1.87. The number of para-hydroxylation sites is 2. The van der Waals surface area contributed by atoms with Crippen LogP contribution in [0.5, 0.6) is 11.5 Å².